The number of likely N-dealkylation sites (tertiary alicyclic amines) is 1. The lowest BCUT2D eigenvalue weighted by molar-refractivity contribution is 0.0981. The zero-order valence-corrected chi connectivity index (χ0v) is 16.3. The minimum Gasteiger partial charge on any atom is -0.390 e. The van der Waals surface area contributed by atoms with Crippen LogP contribution in [0.4, 0.5) is 5.69 Å². The third-order valence-electron chi connectivity index (χ3n) is 6.09. The molecule has 1 aromatic carbocycles. The predicted molar refractivity (Wildman–Crippen MR) is 107 cm³/mol. The van der Waals surface area contributed by atoms with Gasteiger partial charge in [0.2, 0.25) is 0 Å². The Labute approximate surface area is 161 Å². The number of benzene rings is 1. The van der Waals surface area contributed by atoms with Crippen LogP contribution < -0.4 is 4.90 Å². The van der Waals surface area contributed by atoms with E-state index in [0.29, 0.717) is 17.7 Å². The lowest BCUT2D eigenvalue weighted by Gasteiger charge is -2.43. The SMILES string of the molecule is Cc1cccc(N2CCC(N3CCC[C@@H](Cn4cc(CO)nn4)C3)CC2)c1. The highest BCUT2D eigenvalue weighted by Crippen LogP contribution is 2.27. The van der Waals surface area contributed by atoms with Crippen molar-refractivity contribution in [2.75, 3.05) is 31.1 Å². The molecule has 0 unspecified atom stereocenters. The van der Waals surface area contributed by atoms with Gasteiger partial charge in [0.15, 0.2) is 0 Å². The van der Waals surface area contributed by atoms with E-state index in [9.17, 15) is 0 Å². The smallest absolute Gasteiger partial charge is 0.108 e. The predicted octanol–water partition coefficient (Wildman–Crippen LogP) is 2.46. The van der Waals surface area contributed by atoms with Gasteiger partial charge in [0.05, 0.1) is 12.8 Å². The van der Waals surface area contributed by atoms with E-state index in [2.05, 4.69) is 51.3 Å². The number of hydrogen-bond donors (Lipinski definition) is 1. The minimum atomic E-state index is -0.0314. The first-order valence-electron chi connectivity index (χ1n) is 10.3. The van der Waals surface area contributed by atoms with Gasteiger partial charge in [0, 0.05) is 37.9 Å². The summed E-state index contributed by atoms with van der Waals surface area (Å²) in [6.45, 7) is 7.73. The van der Waals surface area contributed by atoms with Crippen molar-refractivity contribution in [3.8, 4) is 0 Å². The molecule has 0 amide bonds. The summed E-state index contributed by atoms with van der Waals surface area (Å²) in [5.41, 5.74) is 3.37. The second kappa shape index (κ2) is 8.40. The monoisotopic (exact) mass is 369 g/mol. The summed E-state index contributed by atoms with van der Waals surface area (Å²) < 4.78 is 1.90. The molecule has 2 saturated heterocycles. The second-order valence-corrected chi connectivity index (χ2v) is 8.15. The van der Waals surface area contributed by atoms with Crippen molar-refractivity contribution in [3.05, 3.63) is 41.7 Å². The Morgan fingerprint density at radius 3 is 2.74 bits per heavy atom. The molecule has 27 heavy (non-hydrogen) atoms. The van der Waals surface area contributed by atoms with Crippen molar-refractivity contribution in [1.29, 1.82) is 0 Å². The number of nitrogens with zero attached hydrogens (tertiary/aromatic N) is 5. The summed E-state index contributed by atoms with van der Waals surface area (Å²) in [6.07, 6.45) is 6.90. The lowest BCUT2D eigenvalue weighted by atomic mass is 9.93. The molecule has 0 spiro atoms. The zero-order valence-electron chi connectivity index (χ0n) is 16.3. The number of aliphatic hydroxyl groups is 1. The number of aliphatic hydroxyl groups excluding tert-OH is 1. The molecule has 2 aromatic rings. The maximum atomic E-state index is 9.16. The third-order valence-corrected chi connectivity index (χ3v) is 6.09. The summed E-state index contributed by atoms with van der Waals surface area (Å²) in [7, 11) is 0. The molecule has 2 aliphatic heterocycles. The van der Waals surface area contributed by atoms with Crippen LogP contribution in [0.2, 0.25) is 0 Å². The number of hydrogen-bond acceptors (Lipinski definition) is 5. The maximum absolute atomic E-state index is 9.16. The Balaban J connectivity index is 1.30. The minimum absolute atomic E-state index is 0.0314. The number of rotatable bonds is 5. The largest absolute Gasteiger partial charge is 0.390 e. The molecule has 2 aliphatic rings. The van der Waals surface area contributed by atoms with Crippen LogP contribution in [0.1, 0.15) is 36.9 Å². The van der Waals surface area contributed by atoms with Gasteiger partial charge in [-0.1, -0.05) is 17.3 Å². The van der Waals surface area contributed by atoms with Crippen LogP contribution in [0.15, 0.2) is 30.5 Å². The Morgan fingerprint density at radius 1 is 1.15 bits per heavy atom. The van der Waals surface area contributed by atoms with Crippen molar-refractivity contribution in [1.82, 2.24) is 19.9 Å². The number of aromatic nitrogens is 3. The first kappa shape index (κ1) is 18.4. The Hall–Kier alpha value is -1.92. The molecule has 1 aromatic heterocycles. The molecule has 0 bridgehead atoms. The van der Waals surface area contributed by atoms with Gasteiger partial charge in [-0.2, -0.15) is 0 Å². The van der Waals surface area contributed by atoms with E-state index in [0.717, 1.165) is 26.2 Å². The second-order valence-electron chi connectivity index (χ2n) is 8.15. The highest BCUT2D eigenvalue weighted by Gasteiger charge is 2.29. The normalized spacial score (nSPS) is 22.3. The molecule has 2 fully saturated rings. The van der Waals surface area contributed by atoms with Crippen molar-refractivity contribution in [2.45, 2.75) is 51.8 Å². The highest BCUT2D eigenvalue weighted by atomic mass is 16.3. The Morgan fingerprint density at radius 2 is 2.00 bits per heavy atom. The average Bonchev–Trinajstić information content (AvgIpc) is 3.16. The van der Waals surface area contributed by atoms with Crippen LogP contribution in [-0.4, -0.2) is 57.2 Å². The molecule has 4 rings (SSSR count). The maximum Gasteiger partial charge on any atom is 0.108 e. The Bertz CT molecular complexity index is 738. The summed E-state index contributed by atoms with van der Waals surface area (Å²) >= 11 is 0. The summed E-state index contributed by atoms with van der Waals surface area (Å²) in [6, 6.07) is 9.58. The van der Waals surface area contributed by atoms with E-state index in [4.69, 9.17) is 5.11 Å². The van der Waals surface area contributed by atoms with Crippen molar-refractivity contribution in [3.63, 3.8) is 0 Å². The molecular weight excluding hydrogens is 338 g/mol. The molecule has 0 radical (unpaired) electrons. The van der Waals surface area contributed by atoms with E-state index in [1.807, 2.05) is 10.9 Å². The molecule has 6 heteroatoms. The molecule has 6 nitrogen and oxygen atoms in total. The van der Waals surface area contributed by atoms with Gasteiger partial charge in [0.1, 0.15) is 5.69 Å². The van der Waals surface area contributed by atoms with Gasteiger partial charge in [-0.15, -0.1) is 5.10 Å². The van der Waals surface area contributed by atoms with Crippen LogP contribution >= 0.6 is 0 Å². The number of piperidine rings is 2. The average molecular weight is 370 g/mol. The molecule has 0 saturated carbocycles. The van der Waals surface area contributed by atoms with Gasteiger partial charge in [-0.25, -0.2) is 0 Å². The molecule has 146 valence electrons. The van der Waals surface area contributed by atoms with Crippen LogP contribution in [-0.2, 0) is 13.2 Å². The van der Waals surface area contributed by atoms with Crippen molar-refractivity contribution in [2.24, 2.45) is 5.92 Å². The zero-order chi connectivity index (χ0) is 18.6. The van der Waals surface area contributed by atoms with Gasteiger partial charge < -0.3 is 10.0 Å². The molecule has 1 N–H and O–H groups in total. The molecule has 3 heterocycles. The first-order valence-corrected chi connectivity index (χ1v) is 10.3. The third kappa shape index (κ3) is 4.50. The quantitative estimate of drug-likeness (QED) is 0.877. The standard InChI is InChI=1S/C21H31N5O/c1-17-4-2-6-21(12-17)24-10-7-20(8-11-24)25-9-3-5-18(13-25)14-26-15-19(16-27)22-23-26/h2,4,6,12,15,18,20,27H,3,5,7-11,13-14,16H2,1H3/t18-/m1/s1. The fraction of sp³-hybridized carbons (Fsp3) is 0.619. The van der Waals surface area contributed by atoms with E-state index in [-0.39, 0.29) is 6.61 Å². The van der Waals surface area contributed by atoms with E-state index < -0.39 is 0 Å². The summed E-state index contributed by atoms with van der Waals surface area (Å²) in [5, 5.41) is 17.3. The van der Waals surface area contributed by atoms with Gasteiger partial charge in [-0.05, 0) is 62.8 Å². The first-order chi connectivity index (χ1) is 13.2. The topological polar surface area (TPSA) is 57.4 Å². The van der Waals surface area contributed by atoms with E-state index in [1.165, 1.54) is 43.5 Å². The van der Waals surface area contributed by atoms with Crippen LogP contribution in [0, 0.1) is 12.8 Å². The van der Waals surface area contributed by atoms with Crippen LogP contribution in [0.3, 0.4) is 0 Å². The molecular formula is C21H31N5O. The molecule has 1 atom stereocenters. The highest BCUT2D eigenvalue weighted by molar-refractivity contribution is 5.48. The number of anilines is 1. The fourth-order valence-corrected chi connectivity index (χ4v) is 4.66. The van der Waals surface area contributed by atoms with Gasteiger partial charge >= 0.3 is 0 Å². The van der Waals surface area contributed by atoms with Crippen LogP contribution in [0.25, 0.3) is 0 Å². The Kier molecular flexibility index (Phi) is 5.74. The fourth-order valence-electron chi connectivity index (χ4n) is 4.66. The van der Waals surface area contributed by atoms with Crippen LogP contribution in [0.5, 0.6) is 0 Å². The summed E-state index contributed by atoms with van der Waals surface area (Å²) in [4.78, 5) is 5.25. The number of aryl methyl sites for hydroxylation is 1. The van der Waals surface area contributed by atoms with E-state index >= 15 is 0 Å². The van der Waals surface area contributed by atoms with Crippen molar-refractivity contribution >= 4 is 5.69 Å². The van der Waals surface area contributed by atoms with Gasteiger partial charge in [0.25, 0.3) is 0 Å². The lowest BCUT2D eigenvalue weighted by Crippen LogP contribution is -2.49. The molecule has 0 aliphatic carbocycles. The van der Waals surface area contributed by atoms with Gasteiger partial charge in [-0.3, -0.25) is 9.58 Å². The van der Waals surface area contributed by atoms with E-state index in [1.54, 1.807) is 0 Å². The van der Waals surface area contributed by atoms with Crippen molar-refractivity contribution < 1.29 is 5.11 Å². The summed E-state index contributed by atoms with van der Waals surface area (Å²) in [5.74, 6) is 0.627.